The number of benzene rings is 2. The highest BCUT2D eigenvalue weighted by atomic mass is 19.1. The zero-order valence-corrected chi connectivity index (χ0v) is 18.6. The number of hydrogen-bond donors (Lipinski definition) is 1. The summed E-state index contributed by atoms with van der Waals surface area (Å²) >= 11 is 0. The van der Waals surface area contributed by atoms with Crippen molar-refractivity contribution in [3.05, 3.63) is 108 Å². The zero-order chi connectivity index (χ0) is 22.2. The molecule has 1 aliphatic rings. The Bertz CT molecular complexity index is 1090. The summed E-state index contributed by atoms with van der Waals surface area (Å²) in [5, 5.41) is 3.52. The van der Waals surface area contributed by atoms with Crippen LogP contribution in [0, 0.1) is 5.82 Å². The molecule has 0 fully saturated rings. The summed E-state index contributed by atoms with van der Waals surface area (Å²) in [6.45, 7) is 5.07. The number of nitrogens with zero attached hydrogens (tertiary/aromatic N) is 1. The fraction of sp³-hybridized carbons (Fsp3) is 0.276. The van der Waals surface area contributed by atoms with Crippen molar-refractivity contribution in [2.24, 2.45) is 0 Å². The maximum absolute atomic E-state index is 13.5. The van der Waals surface area contributed by atoms with E-state index in [2.05, 4.69) is 54.4 Å². The van der Waals surface area contributed by atoms with Crippen molar-refractivity contribution in [2.45, 2.75) is 44.9 Å². The first kappa shape index (κ1) is 22.0. The van der Waals surface area contributed by atoms with Gasteiger partial charge in [-0.2, -0.15) is 0 Å². The molecule has 3 aromatic rings. The lowest BCUT2D eigenvalue weighted by atomic mass is 9.95. The van der Waals surface area contributed by atoms with Gasteiger partial charge in [-0.05, 0) is 91.5 Å². The second-order valence-corrected chi connectivity index (χ2v) is 8.46. The second kappa shape index (κ2) is 10.9. The maximum atomic E-state index is 13.5. The van der Waals surface area contributed by atoms with Crippen LogP contribution in [0.3, 0.4) is 0 Å². The Balaban J connectivity index is 1.50. The van der Waals surface area contributed by atoms with Gasteiger partial charge >= 0.3 is 0 Å². The van der Waals surface area contributed by atoms with Gasteiger partial charge in [-0.15, -0.1) is 0 Å². The number of aryl methyl sites for hydroxylation is 1. The van der Waals surface area contributed by atoms with Crippen LogP contribution in [0.2, 0.25) is 0 Å². The molecule has 164 valence electrons. The summed E-state index contributed by atoms with van der Waals surface area (Å²) in [5.41, 5.74) is 6.84. The lowest BCUT2D eigenvalue weighted by molar-refractivity contribution is 0.625. The van der Waals surface area contributed by atoms with Crippen molar-refractivity contribution in [1.82, 2.24) is 4.98 Å². The van der Waals surface area contributed by atoms with Gasteiger partial charge in [-0.3, -0.25) is 0 Å². The van der Waals surface area contributed by atoms with Gasteiger partial charge in [0.1, 0.15) is 11.6 Å². The molecule has 4 rings (SSSR count). The van der Waals surface area contributed by atoms with E-state index in [9.17, 15) is 4.39 Å². The molecule has 32 heavy (non-hydrogen) atoms. The molecule has 1 aliphatic carbocycles. The van der Waals surface area contributed by atoms with Crippen molar-refractivity contribution in [3.63, 3.8) is 0 Å². The normalized spacial score (nSPS) is 13.5. The zero-order valence-electron chi connectivity index (χ0n) is 18.6. The molecule has 2 nitrogen and oxygen atoms in total. The van der Waals surface area contributed by atoms with Crippen molar-refractivity contribution in [1.29, 1.82) is 0 Å². The third-order valence-corrected chi connectivity index (χ3v) is 6.05. The van der Waals surface area contributed by atoms with E-state index in [1.54, 1.807) is 12.1 Å². The van der Waals surface area contributed by atoms with Gasteiger partial charge < -0.3 is 5.32 Å². The molecular weight excluding hydrogens is 395 g/mol. The summed E-state index contributed by atoms with van der Waals surface area (Å²) in [6.07, 6.45) is 9.60. The Morgan fingerprint density at radius 3 is 2.56 bits per heavy atom. The SMILES string of the molecule is C=C(CCc1ccccc1)c1ccc(C2=CCCCC2)nc1NCCc1cccc(F)c1. The third-order valence-electron chi connectivity index (χ3n) is 6.05. The fourth-order valence-electron chi connectivity index (χ4n) is 4.22. The van der Waals surface area contributed by atoms with Gasteiger partial charge in [0.15, 0.2) is 0 Å². The number of pyridine rings is 1. The van der Waals surface area contributed by atoms with Crippen LogP contribution in [-0.4, -0.2) is 11.5 Å². The number of rotatable bonds is 9. The molecule has 0 radical (unpaired) electrons. The number of aromatic nitrogens is 1. The van der Waals surface area contributed by atoms with Gasteiger partial charge in [0.2, 0.25) is 0 Å². The fourth-order valence-corrected chi connectivity index (χ4v) is 4.22. The Morgan fingerprint density at radius 1 is 0.938 bits per heavy atom. The van der Waals surface area contributed by atoms with Crippen LogP contribution in [0.1, 0.15) is 54.5 Å². The first-order valence-corrected chi connectivity index (χ1v) is 11.6. The van der Waals surface area contributed by atoms with Crippen LogP contribution in [-0.2, 0) is 12.8 Å². The summed E-state index contributed by atoms with van der Waals surface area (Å²) in [6, 6.07) is 21.6. The number of nitrogens with one attached hydrogen (secondary N) is 1. The predicted molar refractivity (Wildman–Crippen MR) is 133 cm³/mol. The highest BCUT2D eigenvalue weighted by Gasteiger charge is 2.13. The number of halogens is 1. The molecule has 1 aromatic heterocycles. The lowest BCUT2D eigenvalue weighted by Crippen LogP contribution is -2.10. The van der Waals surface area contributed by atoms with Gasteiger partial charge in [-0.1, -0.05) is 55.1 Å². The van der Waals surface area contributed by atoms with Crippen molar-refractivity contribution in [2.75, 3.05) is 11.9 Å². The standard InChI is InChI=1S/C29H31FN2/c1-22(15-16-23-9-4-2-5-10-23)27-17-18-28(25-12-6-3-7-13-25)32-29(27)31-20-19-24-11-8-14-26(30)21-24/h2,4-5,8-12,14,17-18,21H,1,3,6-7,13,15-16,19-20H2,(H,31,32). The van der Waals surface area contributed by atoms with E-state index in [-0.39, 0.29) is 5.82 Å². The highest BCUT2D eigenvalue weighted by Crippen LogP contribution is 2.30. The van der Waals surface area contributed by atoms with Crippen LogP contribution in [0.15, 0.2) is 79.4 Å². The Kier molecular flexibility index (Phi) is 7.50. The third kappa shape index (κ3) is 5.94. The van der Waals surface area contributed by atoms with Crippen molar-refractivity contribution < 1.29 is 4.39 Å². The second-order valence-electron chi connectivity index (χ2n) is 8.46. The minimum Gasteiger partial charge on any atom is -0.369 e. The van der Waals surface area contributed by atoms with E-state index < -0.39 is 0 Å². The van der Waals surface area contributed by atoms with Crippen molar-refractivity contribution >= 4 is 17.0 Å². The van der Waals surface area contributed by atoms with E-state index in [1.165, 1.54) is 30.0 Å². The van der Waals surface area contributed by atoms with Gasteiger partial charge in [-0.25, -0.2) is 9.37 Å². The minimum absolute atomic E-state index is 0.193. The van der Waals surface area contributed by atoms with E-state index in [4.69, 9.17) is 4.98 Å². The molecule has 0 bridgehead atoms. The van der Waals surface area contributed by atoms with E-state index >= 15 is 0 Å². The average Bonchev–Trinajstić information content (AvgIpc) is 2.84. The molecule has 2 aromatic carbocycles. The highest BCUT2D eigenvalue weighted by molar-refractivity contribution is 5.75. The van der Waals surface area contributed by atoms with E-state index in [0.29, 0.717) is 6.54 Å². The Labute approximate surface area is 190 Å². The van der Waals surface area contributed by atoms with Gasteiger partial charge in [0, 0.05) is 12.1 Å². The molecular formula is C29H31FN2. The lowest BCUT2D eigenvalue weighted by Gasteiger charge is -2.17. The summed E-state index contributed by atoms with van der Waals surface area (Å²) in [5.74, 6) is 0.685. The quantitative estimate of drug-likeness (QED) is 0.384. The van der Waals surface area contributed by atoms with Crippen LogP contribution < -0.4 is 5.32 Å². The summed E-state index contributed by atoms with van der Waals surface area (Å²) in [7, 11) is 0. The molecule has 1 heterocycles. The molecule has 0 saturated carbocycles. The first-order valence-electron chi connectivity index (χ1n) is 11.6. The topological polar surface area (TPSA) is 24.9 Å². The van der Waals surface area contributed by atoms with Crippen LogP contribution in [0.4, 0.5) is 10.2 Å². The summed E-state index contributed by atoms with van der Waals surface area (Å²) < 4.78 is 13.5. The molecule has 3 heteroatoms. The predicted octanol–water partition coefficient (Wildman–Crippen LogP) is 7.48. The molecule has 0 unspecified atom stereocenters. The first-order chi connectivity index (χ1) is 15.7. The van der Waals surface area contributed by atoms with Gasteiger partial charge in [0.25, 0.3) is 0 Å². The number of allylic oxidation sites excluding steroid dienone is 3. The van der Waals surface area contributed by atoms with Crippen LogP contribution in [0.5, 0.6) is 0 Å². The molecule has 0 amide bonds. The molecule has 1 N–H and O–H groups in total. The molecule has 0 atom stereocenters. The Hall–Kier alpha value is -3.20. The maximum Gasteiger partial charge on any atom is 0.134 e. The number of hydrogen-bond acceptors (Lipinski definition) is 2. The van der Waals surface area contributed by atoms with Crippen LogP contribution in [0.25, 0.3) is 11.1 Å². The number of anilines is 1. The van der Waals surface area contributed by atoms with E-state index in [0.717, 1.165) is 60.3 Å². The smallest absolute Gasteiger partial charge is 0.134 e. The largest absolute Gasteiger partial charge is 0.369 e. The Morgan fingerprint density at radius 2 is 1.78 bits per heavy atom. The molecule has 0 saturated heterocycles. The molecule has 0 aliphatic heterocycles. The van der Waals surface area contributed by atoms with Crippen LogP contribution >= 0.6 is 0 Å². The summed E-state index contributed by atoms with van der Waals surface area (Å²) in [4.78, 5) is 5.01. The van der Waals surface area contributed by atoms with Gasteiger partial charge in [0.05, 0.1) is 5.69 Å². The monoisotopic (exact) mass is 426 g/mol. The van der Waals surface area contributed by atoms with E-state index in [1.807, 2.05) is 12.1 Å². The van der Waals surface area contributed by atoms with Crippen molar-refractivity contribution in [3.8, 4) is 0 Å². The molecule has 0 spiro atoms. The minimum atomic E-state index is -0.193. The average molecular weight is 427 g/mol.